The number of halogens is 2. The van der Waals surface area contributed by atoms with Crippen LogP contribution in [-0.2, 0) is 48.6 Å². The predicted octanol–water partition coefficient (Wildman–Crippen LogP) is 7.35. The van der Waals surface area contributed by atoms with Crippen molar-refractivity contribution in [3.63, 3.8) is 0 Å². The van der Waals surface area contributed by atoms with E-state index in [1.54, 1.807) is 0 Å². The lowest BCUT2D eigenvalue weighted by Crippen LogP contribution is -2.45. The lowest BCUT2D eigenvalue weighted by Gasteiger charge is -2.39. The summed E-state index contributed by atoms with van der Waals surface area (Å²) in [6, 6.07) is 8.65. The smallest absolute Gasteiger partial charge is 0.358 e. The fourth-order valence-corrected chi connectivity index (χ4v) is 11.2. The highest BCUT2D eigenvalue weighted by Gasteiger charge is 2.37. The van der Waals surface area contributed by atoms with Gasteiger partial charge in [-0.15, -0.1) is 0 Å². The van der Waals surface area contributed by atoms with Crippen molar-refractivity contribution in [1.29, 1.82) is 0 Å². The zero-order valence-corrected chi connectivity index (χ0v) is 35.4. The second kappa shape index (κ2) is 16.5. The SMILES string of the molecule is O=C(CCCCCOP(=O)(O)c1ccc(C(=O)OP(F)P)c(C2=c3cc4c5c(c3Oc3c2cc2c6c3CCCN6CCC2)CCC[N+]=5CCC4)c1)OP(F)P. The van der Waals surface area contributed by atoms with E-state index in [2.05, 4.69) is 26.1 Å². The Hall–Kier alpha value is -2.40. The summed E-state index contributed by atoms with van der Waals surface area (Å²) in [5.74, 6) is -0.0248. The van der Waals surface area contributed by atoms with Gasteiger partial charge in [-0.25, -0.2) is 9.37 Å². The number of unbranched alkanes of at least 4 members (excludes halogenated alkanes) is 2. The van der Waals surface area contributed by atoms with Gasteiger partial charge in [-0.05, 0) is 111 Å². The van der Waals surface area contributed by atoms with Gasteiger partial charge in [-0.3, -0.25) is 9.36 Å². The molecule has 5 aliphatic rings. The number of nitrogens with zero attached hydrogens (tertiary/aromatic N) is 2. The normalized spacial score (nSPS) is 18.8. The molecule has 0 bridgehead atoms. The van der Waals surface area contributed by atoms with Gasteiger partial charge >= 0.3 is 19.5 Å². The average molecular weight is 850 g/mol. The first-order valence-electron chi connectivity index (χ1n) is 18.9. The summed E-state index contributed by atoms with van der Waals surface area (Å²) in [7, 11) is -5.71. The Bertz CT molecular complexity index is 2250. The molecular weight excluding hydrogens is 805 g/mol. The number of aryl methyl sites for hydroxylation is 2. The number of fused-ring (bicyclic) bond motifs is 4. The molecule has 3 aromatic carbocycles. The Morgan fingerprint density at radius 2 is 1.60 bits per heavy atom. The number of carbonyl (C=O) groups is 2. The third-order valence-corrected chi connectivity index (χ3v) is 14.0. The van der Waals surface area contributed by atoms with Crippen molar-refractivity contribution < 1.29 is 45.7 Å². The van der Waals surface area contributed by atoms with Crippen LogP contribution in [0.25, 0.3) is 5.57 Å². The van der Waals surface area contributed by atoms with E-state index in [4.69, 9.17) is 13.8 Å². The first-order chi connectivity index (χ1) is 26.5. The van der Waals surface area contributed by atoms with Crippen LogP contribution >= 0.6 is 41.7 Å². The maximum Gasteiger partial charge on any atom is 0.358 e. The fourth-order valence-electron chi connectivity index (χ4n) is 8.98. The average Bonchev–Trinajstić information content (AvgIpc) is 3.15. The lowest BCUT2D eigenvalue weighted by molar-refractivity contribution is -0.133. The molecule has 3 aromatic rings. The molecule has 0 saturated heterocycles. The molecule has 5 atom stereocenters. The molecule has 0 aromatic heterocycles. The van der Waals surface area contributed by atoms with E-state index in [9.17, 15) is 27.4 Å². The number of hydrogen-bond acceptors (Lipinski definition) is 8. The van der Waals surface area contributed by atoms with Crippen molar-refractivity contribution in [1.82, 2.24) is 4.58 Å². The highest BCUT2D eigenvalue weighted by atomic mass is 32.0. The first-order valence-corrected chi connectivity index (χ1v) is 26.0. The van der Waals surface area contributed by atoms with E-state index >= 15 is 0 Å². The number of anilines is 1. The molecule has 5 aliphatic heterocycles. The van der Waals surface area contributed by atoms with Crippen molar-refractivity contribution in [3.05, 3.63) is 79.9 Å². The summed E-state index contributed by atoms with van der Waals surface area (Å²) in [5, 5.41) is 2.01. The number of rotatable bonds is 12. The Morgan fingerprint density at radius 1 is 0.873 bits per heavy atom. The number of benzene rings is 3. The Balaban J connectivity index is 1.27. The molecule has 1 N–H and O–H groups in total. The van der Waals surface area contributed by atoms with Crippen LogP contribution in [-0.4, -0.2) is 49.6 Å². The van der Waals surface area contributed by atoms with Crippen molar-refractivity contribution in [2.45, 2.75) is 77.0 Å². The molecule has 5 unspecified atom stereocenters. The first kappa shape index (κ1) is 39.4. The molecule has 10 nitrogen and oxygen atoms in total. The third-order valence-electron chi connectivity index (χ3n) is 11.2. The van der Waals surface area contributed by atoms with Gasteiger partial charge in [-0.2, -0.15) is 8.39 Å². The van der Waals surface area contributed by atoms with E-state index in [1.807, 2.05) is 17.9 Å². The Labute approximate surface area is 325 Å². The summed E-state index contributed by atoms with van der Waals surface area (Å²) >= 11 is 0. The standard InChI is InChI=1S/C38H43F2N2O8P5/c39-53(51)49-32(43)12-2-1-3-19-47-55(45,46)25-13-14-26(38(44)50-54(40)52)29(22-25)33-30-20-23-8-4-15-41-17-6-10-27(34(23)41)36(30)48-37-28-11-7-18-42-16-5-9-24(35(28)42)21-31(33)37/h13-14,20-22H,1-12,15-19,51-52H2/p+1. The molecule has 5 heterocycles. The van der Waals surface area contributed by atoms with Crippen molar-refractivity contribution in [2.24, 2.45) is 0 Å². The summed E-state index contributed by atoms with van der Waals surface area (Å²) < 4.78 is 66.2. The van der Waals surface area contributed by atoms with Gasteiger partial charge in [0.2, 0.25) is 5.36 Å². The summed E-state index contributed by atoms with van der Waals surface area (Å²) in [6.07, 6.45) is 8.74. The Kier molecular flexibility index (Phi) is 11.8. The maximum absolute atomic E-state index is 14.3. The molecule has 8 rings (SSSR count). The van der Waals surface area contributed by atoms with E-state index < -0.39 is 35.8 Å². The van der Waals surface area contributed by atoms with Gasteiger partial charge < -0.3 is 28.1 Å². The van der Waals surface area contributed by atoms with Crippen LogP contribution in [0, 0.1) is 0 Å². The van der Waals surface area contributed by atoms with Crippen LogP contribution in [0.5, 0.6) is 11.5 Å². The second-order valence-electron chi connectivity index (χ2n) is 14.6. The largest absolute Gasteiger partial charge is 0.455 e. The van der Waals surface area contributed by atoms with Crippen LogP contribution in [0.2, 0.25) is 0 Å². The predicted molar refractivity (Wildman–Crippen MR) is 218 cm³/mol. The zero-order chi connectivity index (χ0) is 38.4. The van der Waals surface area contributed by atoms with Gasteiger partial charge in [0.25, 0.3) is 16.3 Å². The van der Waals surface area contributed by atoms with Crippen LogP contribution in [0.3, 0.4) is 0 Å². The lowest BCUT2D eigenvalue weighted by atomic mass is 9.82. The van der Waals surface area contributed by atoms with Crippen LogP contribution < -0.4 is 30.1 Å². The summed E-state index contributed by atoms with van der Waals surface area (Å²) in [6.45, 7) is 3.85. The van der Waals surface area contributed by atoms with Crippen molar-refractivity contribution >= 4 is 70.3 Å². The minimum absolute atomic E-state index is 0.0224. The fraction of sp³-hybridized carbons (Fsp3) is 0.447. The molecule has 0 fully saturated rings. The molecule has 0 saturated carbocycles. The van der Waals surface area contributed by atoms with E-state index in [0.717, 1.165) is 111 Å². The van der Waals surface area contributed by atoms with Gasteiger partial charge in [0, 0.05) is 65.5 Å². The molecule has 0 amide bonds. The Morgan fingerprint density at radius 3 is 2.38 bits per heavy atom. The number of carbonyl (C=O) groups excluding carboxylic acids is 2. The number of ether oxygens (including phenoxy) is 1. The van der Waals surface area contributed by atoms with Crippen LogP contribution in [0.1, 0.15) is 95.1 Å². The van der Waals surface area contributed by atoms with E-state index in [1.165, 1.54) is 40.4 Å². The highest BCUT2D eigenvalue weighted by molar-refractivity contribution is 8.08. The van der Waals surface area contributed by atoms with Crippen LogP contribution in [0.4, 0.5) is 14.1 Å². The van der Waals surface area contributed by atoms with E-state index in [-0.39, 0.29) is 23.9 Å². The number of hydrogen-bond donors (Lipinski definition) is 1. The molecule has 0 aliphatic carbocycles. The van der Waals surface area contributed by atoms with Crippen LogP contribution in [0.15, 0.2) is 30.3 Å². The monoisotopic (exact) mass is 849 g/mol. The minimum Gasteiger partial charge on any atom is -0.455 e. The molecular formula is C38H44F2N2O8P5+. The summed E-state index contributed by atoms with van der Waals surface area (Å²) in [4.78, 5) is 39.3. The third kappa shape index (κ3) is 7.92. The molecule has 292 valence electrons. The topological polar surface area (TPSA) is 115 Å². The van der Waals surface area contributed by atoms with Gasteiger partial charge in [0.05, 0.1) is 23.0 Å². The summed E-state index contributed by atoms with van der Waals surface area (Å²) in [5.41, 5.74) is 7.82. The van der Waals surface area contributed by atoms with Crippen molar-refractivity contribution in [2.75, 3.05) is 37.7 Å². The van der Waals surface area contributed by atoms with Crippen molar-refractivity contribution in [3.8, 4) is 11.5 Å². The molecule has 17 heteroatoms. The van der Waals surface area contributed by atoms with Gasteiger partial charge in [0.15, 0.2) is 0 Å². The minimum atomic E-state index is -4.45. The van der Waals surface area contributed by atoms with Gasteiger partial charge in [0.1, 0.15) is 24.6 Å². The zero-order valence-electron chi connectivity index (χ0n) is 30.4. The maximum atomic E-state index is 14.3. The second-order valence-corrected chi connectivity index (χ2v) is 20.3. The molecule has 0 spiro atoms. The van der Waals surface area contributed by atoms with Gasteiger partial charge in [-0.1, -0.05) is 6.42 Å². The molecule has 55 heavy (non-hydrogen) atoms. The van der Waals surface area contributed by atoms with E-state index in [0.29, 0.717) is 30.4 Å². The molecule has 0 radical (unpaired) electrons. The highest BCUT2D eigenvalue weighted by Crippen LogP contribution is 2.51. The quantitative estimate of drug-likeness (QED) is 0.0889.